The number of amides is 1. The summed E-state index contributed by atoms with van der Waals surface area (Å²) < 4.78 is 2.00. The van der Waals surface area contributed by atoms with E-state index in [1.165, 1.54) is 12.1 Å². The number of rotatable bonds is 6. The van der Waals surface area contributed by atoms with Gasteiger partial charge < -0.3 is 16.2 Å². The monoisotopic (exact) mass is 566 g/mol. The summed E-state index contributed by atoms with van der Waals surface area (Å²) in [4.78, 5) is 38.8. The number of carbonyl (C=O) groups is 2. The van der Waals surface area contributed by atoms with Crippen molar-refractivity contribution in [2.45, 2.75) is 18.8 Å². The predicted octanol–water partition coefficient (Wildman–Crippen LogP) is 5.92. The van der Waals surface area contributed by atoms with Gasteiger partial charge in [0.05, 0.1) is 22.7 Å². The van der Waals surface area contributed by atoms with E-state index in [-0.39, 0.29) is 23.1 Å². The van der Waals surface area contributed by atoms with Gasteiger partial charge in [-0.1, -0.05) is 36.4 Å². The van der Waals surface area contributed by atoms with E-state index in [1.807, 2.05) is 71.3 Å². The molecule has 1 aliphatic carbocycles. The number of fused-ring (bicyclic) bond motifs is 2. The second-order valence-electron chi connectivity index (χ2n) is 10.5. The molecule has 43 heavy (non-hydrogen) atoms. The van der Waals surface area contributed by atoms with Crippen LogP contribution in [0.1, 0.15) is 33.8 Å². The Morgan fingerprint density at radius 2 is 1.84 bits per heavy atom. The van der Waals surface area contributed by atoms with Crippen molar-refractivity contribution in [3.05, 3.63) is 114 Å². The van der Waals surface area contributed by atoms with Crippen molar-refractivity contribution in [3.63, 3.8) is 0 Å². The molecule has 7 rings (SSSR count). The summed E-state index contributed by atoms with van der Waals surface area (Å²) in [6.07, 6.45) is 3.57. The normalized spacial score (nSPS) is 14.0. The number of aldehydes is 1. The maximum absolute atomic E-state index is 13.3. The fourth-order valence-corrected chi connectivity index (χ4v) is 5.73. The van der Waals surface area contributed by atoms with E-state index in [0.29, 0.717) is 41.2 Å². The fourth-order valence-electron chi connectivity index (χ4n) is 5.73. The number of aromatic nitrogens is 4. The van der Waals surface area contributed by atoms with Gasteiger partial charge in [0.25, 0.3) is 0 Å². The van der Waals surface area contributed by atoms with E-state index < -0.39 is 0 Å². The standard InChI is InChI=1S/C34H26N6O3/c35-31-27(7-4-16-36-31)32-39-29-14-13-28(20-5-2-1-3-6-20)38-33(29)40(32)24-10-12-25-21(18-24)8-11-26(25)34(43)37-23-9-15-30(42)22(17-23)19-41/h1-7,9-10,12-19,26,42H,8,11H2,(H2,35,36)(H,37,43). The van der Waals surface area contributed by atoms with Crippen LogP contribution in [-0.4, -0.2) is 36.8 Å². The van der Waals surface area contributed by atoms with Crippen LogP contribution in [0.15, 0.2) is 97.2 Å². The number of nitrogen functional groups attached to an aromatic ring is 1. The van der Waals surface area contributed by atoms with Crippen molar-refractivity contribution in [1.29, 1.82) is 0 Å². The first-order chi connectivity index (χ1) is 21.0. The third-order valence-corrected chi connectivity index (χ3v) is 7.85. The molecule has 1 unspecified atom stereocenters. The van der Waals surface area contributed by atoms with Gasteiger partial charge in [-0.2, -0.15) is 0 Å². The average molecular weight is 567 g/mol. The van der Waals surface area contributed by atoms with Crippen LogP contribution in [0.25, 0.3) is 39.5 Å². The van der Waals surface area contributed by atoms with Crippen molar-refractivity contribution >= 4 is 34.9 Å². The lowest BCUT2D eigenvalue weighted by molar-refractivity contribution is -0.117. The molecule has 0 radical (unpaired) electrons. The van der Waals surface area contributed by atoms with Crippen LogP contribution in [0.4, 0.5) is 11.5 Å². The molecule has 0 spiro atoms. The fraction of sp³-hybridized carbons (Fsp3) is 0.0882. The summed E-state index contributed by atoms with van der Waals surface area (Å²) in [7, 11) is 0. The van der Waals surface area contributed by atoms with Crippen molar-refractivity contribution < 1.29 is 14.7 Å². The van der Waals surface area contributed by atoms with Gasteiger partial charge in [0.15, 0.2) is 17.8 Å². The Kier molecular flexibility index (Phi) is 6.39. The van der Waals surface area contributed by atoms with Crippen LogP contribution in [0.3, 0.4) is 0 Å². The molecule has 1 amide bonds. The molecule has 3 heterocycles. The summed E-state index contributed by atoms with van der Waals surface area (Å²) in [6, 6.07) is 28.1. The number of hydrogen-bond donors (Lipinski definition) is 3. The Morgan fingerprint density at radius 3 is 2.65 bits per heavy atom. The van der Waals surface area contributed by atoms with E-state index in [0.717, 1.165) is 40.0 Å². The van der Waals surface area contributed by atoms with Gasteiger partial charge in [0.1, 0.15) is 17.1 Å². The number of nitrogens with two attached hydrogens (primary N) is 1. The zero-order chi connectivity index (χ0) is 29.5. The molecular formula is C34H26N6O3. The molecule has 3 aromatic heterocycles. The van der Waals surface area contributed by atoms with Gasteiger partial charge in [0, 0.05) is 23.1 Å². The number of benzene rings is 3. The Hall–Kier alpha value is -5.83. The molecule has 0 bridgehead atoms. The first-order valence-corrected chi connectivity index (χ1v) is 13.9. The second kappa shape index (κ2) is 10.5. The highest BCUT2D eigenvalue weighted by atomic mass is 16.3. The number of aromatic hydroxyl groups is 1. The third-order valence-electron chi connectivity index (χ3n) is 7.85. The number of carbonyl (C=O) groups excluding carboxylic acids is 2. The molecule has 0 saturated heterocycles. The molecule has 0 aliphatic heterocycles. The zero-order valence-corrected chi connectivity index (χ0v) is 22.9. The summed E-state index contributed by atoms with van der Waals surface area (Å²) >= 11 is 0. The van der Waals surface area contributed by atoms with Crippen LogP contribution in [0.5, 0.6) is 5.75 Å². The number of phenolic OH excluding ortho intramolecular Hbond substituents is 1. The zero-order valence-electron chi connectivity index (χ0n) is 22.9. The molecule has 1 aliphatic rings. The first-order valence-electron chi connectivity index (χ1n) is 13.9. The van der Waals surface area contributed by atoms with E-state index in [1.54, 1.807) is 12.3 Å². The average Bonchev–Trinajstić information content (AvgIpc) is 3.63. The molecule has 3 aromatic carbocycles. The van der Waals surface area contributed by atoms with Gasteiger partial charge in [-0.15, -0.1) is 0 Å². The van der Waals surface area contributed by atoms with Crippen molar-refractivity contribution in [2.24, 2.45) is 0 Å². The maximum atomic E-state index is 13.3. The van der Waals surface area contributed by atoms with Crippen molar-refractivity contribution in [3.8, 4) is 34.1 Å². The highest BCUT2D eigenvalue weighted by Crippen LogP contribution is 2.38. The molecular weight excluding hydrogens is 540 g/mol. The van der Waals surface area contributed by atoms with Crippen molar-refractivity contribution in [2.75, 3.05) is 11.1 Å². The van der Waals surface area contributed by atoms with Gasteiger partial charge in [-0.05, 0) is 78.6 Å². The second-order valence-corrected chi connectivity index (χ2v) is 10.5. The number of nitrogens with zero attached hydrogens (tertiary/aromatic N) is 4. The lowest BCUT2D eigenvalue weighted by Gasteiger charge is -2.15. The van der Waals surface area contributed by atoms with E-state index in [2.05, 4.69) is 16.4 Å². The number of pyridine rings is 2. The summed E-state index contributed by atoms with van der Waals surface area (Å²) in [5.74, 6) is 0.348. The molecule has 210 valence electrons. The summed E-state index contributed by atoms with van der Waals surface area (Å²) in [6.45, 7) is 0. The summed E-state index contributed by atoms with van der Waals surface area (Å²) in [5.41, 5.74) is 13.7. The number of aryl methyl sites for hydroxylation is 1. The molecule has 6 aromatic rings. The lowest BCUT2D eigenvalue weighted by atomic mass is 9.99. The van der Waals surface area contributed by atoms with Gasteiger partial charge in [-0.3, -0.25) is 14.2 Å². The first kappa shape index (κ1) is 26.1. The molecule has 9 nitrogen and oxygen atoms in total. The Morgan fingerprint density at radius 1 is 0.977 bits per heavy atom. The third kappa shape index (κ3) is 4.66. The number of nitrogens with one attached hydrogen (secondary N) is 1. The Labute approximate surface area is 246 Å². The minimum atomic E-state index is -0.353. The minimum absolute atomic E-state index is 0.121. The van der Waals surface area contributed by atoms with Gasteiger partial charge in [-0.25, -0.2) is 15.0 Å². The quantitative estimate of drug-likeness (QED) is 0.168. The predicted molar refractivity (Wildman–Crippen MR) is 165 cm³/mol. The number of phenols is 1. The highest BCUT2D eigenvalue weighted by Gasteiger charge is 2.30. The van der Waals surface area contributed by atoms with Crippen LogP contribution in [0.2, 0.25) is 0 Å². The molecule has 0 fully saturated rings. The van der Waals surface area contributed by atoms with E-state index in [4.69, 9.17) is 15.7 Å². The van der Waals surface area contributed by atoms with Crippen LogP contribution >= 0.6 is 0 Å². The van der Waals surface area contributed by atoms with E-state index in [9.17, 15) is 14.7 Å². The number of hydrogen-bond acceptors (Lipinski definition) is 7. The van der Waals surface area contributed by atoms with E-state index >= 15 is 0 Å². The minimum Gasteiger partial charge on any atom is -0.507 e. The van der Waals surface area contributed by atoms with Crippen LogP contribution in [0, 0.1) is 0 Å². The van der Waals surface area contributed by atoms with Gasteiger partial charge >= 0.3 is 0 Å². The Balaban J connectivity index is 1.30. The van der Waals surface area contributed by atoms with Crippen LogP contribution in [-0.2, 0) is 11.2 Å². The maximum Gasteiger partial charge on any atom is 0.231 e. The van der Waals surface area contributed by atoms with Gasteiger partial charge in [0.2, 0.25) is 5.91 Å². The number of imidazole rings is 1. The largest absolute Gasteiger partial charge is 0.507 e. The molecule has 0 saturated carbocycles. The SMILES string of the molecule is Nc1ncccc1-c1nc2ccc(-c3ccccc3)nc2n1-c1ccc2c(c1)CCC2C(=O)Nc1ccc(O)c(C=O)c1. The topological polar surface area (TPSA) is 136 Å². The molecule has 9 heteroatoms. The number of anilines is 2. The summed E-state index contributed by atoms with van der Waals surface area (Å²) in [5, 5.41) is 12.7. The lowest BCUT2D eigenvalue weighted by Crippen LogP contribution is -2.19. The van der Waals surface area contributed by atoms with Crippen molar-refractivity contribution in [1.82, 2.24) is 19.5 Å². The highest BCUT2D eigenvalue weighted by molar-refractivity contribution is 5.97. The van der Waals surface area contributed by atoms with Crippen LogP contribution < -0.4 is 11.1 Å². The molecule has 4 N–H and O–H groups in total. The smallest absolute Gasteiger partial charge is 0.231 e. The Bertz CT molecular complexity index is 2040. The molecule has 1 atom stereocenters.